The molecule has 0 aromatic rings. The topological polar surface area (TPSA) is 0 Å². The molecule has 0 heterocycles. The van der Waals surface area contributed by atoms with E-state index < -0.39 is 15.6 Å². The third-order valence-electron chi connectivity index (χ3n) is 0.732. The SMILES string of the molecule is C[C@](F)(Br)[C@H](Br)C(F)(F)F. The maximum atomic E-state index is 12.4. The Morgan fingerprint density at radius 1 is 1.20 bits per heavy atom. The van der Waals surface area contributed by atoms with Crippen molar-refractivity contribution in [1.29, 1.82) is 0 Å². The highest BCUT2D eigenvalue weighted by Gasteiger charge is 2.49. The largest absolute Gasteiger partial charge is 0.405 e. The van der Waals surface area contributed by atoms with Gasteiger partial charge in [0.15, 0.2) is 9.41 Å². The molecule has 0 fully saturated rings. The van der Waals surface area contributed by atoms with Crippen molar-refractivity contribution in [2.75, 3.05) is 0 Å². The van der Waals surface area contributed by atoms with E-state index in [1.165, 1.54) is 0 Å². The lowest BCUT2D eigenvalue weighted by Crippen LogP contribution is -2.36. The van der Waals surface area contributed by atoms with Crippen molar-refractivity contribution < 1.29 is 17.6 Å². The Kier molecular flexibility index (Phi) is 3.17. The summed E-state index contributed by atoms with van der Waals surface area (Å²) in [6, 6.07) is 0. The standard InChI is InChI=1S/C4H4Br2F4/c1-3(6,7)2(5)4(8,9)10/h2H,1H3/t2-,3+/m0/s1. The lowest BCUT2D eigenvalue weighted by Gasteiger charge is -2.21. The highest BCUT2D eigenvalue weighted by Crippen LogP contribution is 2.39. The molecule has 0 saturated heterocycles. The quantitative estimate of drug-likeness (QED) is 0.512. The molecule has 0 unspecified atom stereocenters. The molecule has 0 bridgehead atoms. The summed E-state index contributed by atoms with van der Waals surface area (Å²) in [6.45, 7) is 0.792. The van der Waals surface area contributed by atoms with E-state index in [0.29, 0.717) is 0 Å². The van der Waals surface area contributed by atoms with E-state index in [1.807, 2.05) is 0 Å². The lowest BCUT2D eigenvalue weighted by molar-refractivity contribution is -0.139. The van der Waals surface area contributed by atoms with Gasteiger partial charge in [0.1, 0.15) is 0 Å². The van der Waals surface area contributed by atoms with Gasteiger partial charge < -0.3 is 0 Å². The second kappa shape index (κ2) is 2.97. The molecule has 0 aromatic heterocycles. The van der Waals surface area contributed by atoms with Gasteiger partial charge in [-0.3, -0.25) is 0 Å². The fraction of sp³-hybridized carbons (Fsp3) is 1.00. The van der Waals surface area contributed by atoms with Gasteiger partial charge in [-0.05, 0) is 22.9 Å². The third-order valence-corrected chi connectivity index (χ3v) is 3.18. The van der Waals surface area contributed by atoms with Crippen LogP contribution >= 0.6 is 31.9 Å². The number of hydrogen-bond donors (Lipinski definition) is 0. The van der Waals surface area contributed by atoms with Crippen LogP contribution < -0.4 is 0 Å². The first-order valence-electron chi connectivity index (χ1n) is 2.24. The Morgan fingerprint density at radius 3 is 1.50 bits per heavy atom. The smallest absolute Gasteiger partial charge is 0.230 e. The summed E-state index contributed by atoms with van der Waals surface area (Å²) in [5, 5.41) is 0. The minimum atomic E-state index is -4.56. The van der Waals surface area contributed by atoms with E-state index >= 15 is 0 Å². The minimum absolute atomic E-state index is 0.792. The summed E-state index contributed by atoms with van der Waals surface area (Å²) in [4.78, 5) is -2.17. The lowest BCUT2D eigenvalue weighted by atomic mass is 10.3. The zero-order chi connectivity index (χ0) is 8.58. The third kappa shape index (κ3) is 3.18. The fourth-order valence-electron chi connectivity index (χ4n) is 0.287. The molecule has 0 aliphatic rings. The van der Waals surface area contributed by atoms with Crippen LogP contribution in [0.3, 0.4) is 0 Å². The summed E-state index contributed by atoms with van der Waals surface area (Å²) in [5.41, 5.74) is 0. The van der Waals surface area contributed by atoms with Gasteiger partial charge in [-0.2, -0.15) is 13.2 Å². The molecule has 0 amide bonds. The molecule has 0 N–H and O–H groups in total. The minimum Gasteiger partial charge on any atom is -0.230 e. The van der Waals surface area contributed by atoms with E-state index in [-0.39, 0.29) is 0 Å². The molecule has 0 saturated carbocycles. The van der Waals surface area contributed by atoms with Crippen LogP contribution in [0, 0.1) is 0 Å². The van der Waals surface area contributed by atoms with Crippen LogP contribution in [0.15, 0.2) is 0 Å². The first-order valence-corrected chi connectivity index (χ1v) is 3.95. The summed E-state index contributed by atoms with van der Waals surface area (Å²) in [6.07, 6.45) is -4.56. The van der Waals surface area contributed by atoms with Crippen LogP contribution in [0.5, 0.6) is 0 Å². The predicted octanol–water partition coefficient (Wildman–Crippen LogP) is 3.39. The monoisotopic (exact) mass is 286 g/mol. The number of alkyl halides is 6. The summed E-state index contributed by atoms with van der Waals surface area (Å²) < 4.78 is 44.9. The Hall–Kier alpha value is 0.680. The zero-order valence-corrected chi connectivity index (χ0v) is 8.02. The average Bonchev–Trinajstić information content (AvgIpc) is 1.59. The normalized spacial score (nSPS) is 21.9. The van der Waals surface area contributed by atoms with Crippen molar-refractivity contribution in [1.82, 2.24) is 0 Å². The Balaban J connectivity index is 4.23. The predicted molar refractivity (Wildman–Crippen MR) is 37.2 cm³/mol. The van der Waals surface area contributed by atoms with Gasteiger partial charge in [0.25, 0.3) is 0 Å². The summed E-state index contributed by atoms with van der Waals surface area (Å²) in [5.74, 6) is 0. The number of rotatable bonds is 1. The molecule has 6 heteroatoms. The molecule has 0 aliphatic heterocycles. The van der Waals surface area contributed by atoms with E-state index in [0.717, 1.165) is 6.92 Å². The van der Waals surface area contributed by atoms with Crippen molar-refractivity contribution in [3.05, 3.63) is 0 Å². The Labute approximate surface area is 72.2 Å². The molecule has 0 aromatic carbocycles. The van der Waals surface area contributed by atoms with Crippen LogP contribution in [-0.4, -0.2) is 15.6 Å². The summed E-state index contributed by atoms with van der Waals surface area (Å²) >= 11 is 4.42. The number of hydrogen-bond acceptors (Lipinski definition) is 0. The Bertz CT molecular complexity index is 99.4. The summed E-state index contributed by atoms with van der Waals surface area (Å²) in [7, 11) is 0. The molecule has 10 heavy (non-hydrogen) atoms. The molecular formula is C4H4Br2F4. The number of halogens is 6. The van der Waals surface area contributed by atoms with Crippen LogP contribution in [0.1, 0.15) is 6.92 Å². The van der Waals surface area contributed by atoms with Crippen molar-refractivity contribution in [3.63, 3.8) is 0 Å². The molecule has 0 radical (unpaired) electrons. The van der Waals surface area contributed by atoms with Gasteiger partial charge in [-0.15, -0.1) is 0 Å². The molecule has 2 atom stereocenters. The zero-order valence-electron chi connectivity index (χ0n) is 4.85. The van der Waals surface area contributed by atoms with Gasteiger partial charge in [0.2, 0.25) is 0 Å². The van der Waals surface area contributed by atoms with Gasteiger partial charge in [-0.1, -0.05) is 15.9 Å². The fourth-order valence-corrected chi connectivity index (χ4v) is 0.547. The van der Waals surface area contributed by atoms with Crippen LogP contribution in [0.2, 0.25) is 0 Å². The van der Waals surface area contributed by atoms with Gasteiger partial charge in [0, 0.05) is 0 Å². The Morgan fingerprint density at radius 2 is 1.50 bits per heavy atom. The van der Waals surface area contributed by atoms with Crippen LogP contribution in [0.25, 0.3) is 0 Å². The van der Waals surface area contributed by atoms with Crippen molar-refractivity contribution >= 4 is 31.9 Å². The molecule has 0 nitrogen and oxygen atoms in total. The second-order valence-corrected chi connectivity index (χ2v) is 4.33. The maximum absolute atomic E-state index is 12.4. The molecular weight excluding hydrogens is 284 g/mol. The van der Waals surface area contributed by atoms with Gasteiger partial charge >= 0.3 is 6.18 Å². The van der Waals surface area contributed by atoms with Crippen LogP contribution in [-0.2, 0) is 0 Å². The molecule has 62 valence electrons. The molecule has 0 spiro atoms. The highest BCUT2D eigenvalue weighted by molar-refractivity contribution is 9.12. The van der Waals surface area contributed by atoms with Crippen molar-refractivity contribution in [2.24, 2.45) is 0 Å². The van der Waals surface area contributed by atoms with Crippen molar-refractivity contribution in [3.8, 4) is 0 Å². The maximum Gasteiger partial charge on any atom is 0.405 e. The van der Waals surface area contributed by atoms with Gasteiger partial charge in [-0.25, -0.2) is 4.39 Å². The van der Waals surface area contributed by atoms with E-state index in [1.54, 1.807) is 0 Å². The first-order chi connectivity index (χ1) is 4.15. The van der Waals surface area contributed by atoms with Crippen LogP contribution in [0.4, 0.5) is 17.6 Å². The first kappa shape index (κ1) is 10.7. The van der Waals surface area contributed by atoms with Crippen molar-refractivity contribution in [2.45, 2.75) is 22.5 Å². The van der Waals surface area contributed by atoms with E-state index in [4.69, 9.17) is 0 Å². The van der Waals surface area contributed by atoms with E-state index in [9.17, 15) is 17.6 Å². The molecule has 0 aliphatic carbocycles. The van der Waals surface area contributed by atoms with E-state index in [2.05, 4.69) is 31.9 Å². The average molecular weight is 288 g/mol. The molecule has 0 rings (SSSR count). The van der Waals surface area contributed by atoms with Gasteiger partial charge in [0.05, 0.1) is 0 Å². The highest BCUT2D eigenvalue weighted by atomic mass is 79.9. The second-order valence-electron chi connectivity index (χ2n) is 1.86.